The third-order valence-corrected chi connectivity index (χ3v) is 2.43. The smallest absolute Gasteiger partial charge is 0.0885 e. The van der Waals surface area contributed by atoms with Crippen molar-refractivity contribution in [2.45, 2.75) is 25.8 Å². The predicted octanol–water partition coefficient (Wildman–Crippen LogP) is 2.76. The van der Waals surface area contributed by atoms with Crippen LogP contribution in [0.2, 0.25) is 0 Å². The molecule has 16 heavy (non-hydrogen) atoms. The van der Waals surface area contributed by atoms with E-state index in [1.807, 2.05) is 6.07 Å². The summed E-state index contributed by atoms with van der Waals surface area (Å²) in [6.45, 7) is 7.45. The van der Waals surface area contributed by atoms with Gasteiger partial charge in [0.15, 0.2) is 0 Å². The van der Waals surface area contributed by atoms with Gasteiger partial charge in [-0.1, -0.05) is 36.9 Å². The first kappa shape index (κ1) is 12.8. The van der Waals surface area contributed by atoms with E-state index in [1.54, 1.807) is 0 Å². The van der Waals surface area contributed by atoms with E-state index in [0.717, 1.165) is 26.0 Å². The van der Waals surface area contributed by atoms with Crippen LogP contribution in [-0.2, 0) is 11.2 Å². The van der Waals surface area contributed by atoms with E-state index in [1.165, 1.54) is 11.8 Å². The molecule has 1 N–H and O–H groups in total. The van der Waals surface area contributed by atoms with E-state index in [4.69, 9.17) is 4.74 Å². The molecule has 0 saturated heterocycles. The zero-order chi connectivity index (χ0) is 11.6. The summed E-state index contributed by atoms with van der Waals surface area (Å²) in [5, 5.41) is 3.48. The fraction of sp³-hybridized carbons (Fsp3) is 0.429. The number of hydrogen-bond donors (Lipinski definition) is 1. The molecule has 1 unspecified atom stereocenters. The van der Waals surface area contributed by atoms with Gasteiger partial charge in [-0.2, -0.15) is 0 Å². The maximum Gasteiger partial charge on any atom is 0.0885 e. The van der Waals surface area contributed by atoms with E-state index >= 15 is 0 Å². The molecule has 0 aromatic heterocycles. The second-order valence-corrected chi connectivity index (χ2v) is 3.94. The quantitative estimate of drug-likeness (QED) is 0.536. The maximum absolute atomic E-state index is 5.06. The van der Waals surface area contributed by atoms with Crippen LogP contribution in [-0.4, -0.2) is 19.2 Å². The lowest BCUT2D eigenvalue weighted by Crippen LogP contribution is -2.29. The van der Waals surface area contributed by atoms with Gasteiger partial charge in [-0.3, -0.25) is 0 Å². The summed E-state index contributed by atoms with van der Waals surface area (Å²) >= 11 is 0. The molecular formula is C14H21NO. The van der Waals surface area contributed by atoms with Crippen molar-refractivity contribution in [2.24, 2.45) is 0 Å². The average Bonchev–Trinajstić information content (AvgIpc) is 2.30. The molecule has 2 nitrogen and oxygen atoms in total. The summed E-state index contributed by atoms with van der Waals surface area (Å²) in [7, 11) is 0. The van der Waals surface area contributed by atoms with Crippen molar-refractivity contribution in [3.8, 4) is 0 Å². The largest absolute Gasteiger partial charge is 0.502 e. The molecular weight excluding hydrogens is 198 g/mol. The third kappa shape index (κ3) is 5.56. The van der Waals surface area contributed by atoms with Crippen molar-refractivity contribution in [3.63, 3.8) is 0 Å². The first-order valence-electron chi connectivity index (χ1n) is 5.82. The number of hydrogen-bond acceptors (Lipinski definition) is 2. The van der Waals surface area contributed by atoms with Crippen molar-refractivity contribution in [1.29, 1.82) is 0 Å². The molecule has 1 atom stereocenters. The molecule has 0 aliphatic carbocycles. The fourth-order valence-electron chi connectivity index (χ4n) is 1.63. The van der Waals surface area contributed by atoms with Gasteiger partial charge < -0.3 is 10.1 Å². The minimum absolute atomic E-state index is 0.506. The summed E-state index contributed by atoms with van der Waals surface area (Å²) < 4.78 is 5.06. The zero-order valence-electron chi connectivity index (χ0n) is 9.99. The standard InChI is InChI=1S/C14H21NO/c1-3-16-11-7-10-15-13(2)12-14-8-5-4-6-9-14/h3-6,8-9,13,15H,1,7,10-12H2,2H3. The summed E-state index contributed by atoms with van der Waals surface area (Å²) in [5.41, 5.74) is 1.38. The van der Waals surface area contributed by atoms with Gasteiger partial charge in [0.2, 0.25) is 0 Å². The van der Waals surface area contributed by atoms with Gasteiger partial charge in [-0.05, 0) is 31.9 Å². The van der Waals surface area contributed by atoms with Crippen molar-refractivity contribution in [1.82, 2.24) is 5.32 Å². The number of nitrogens with one attached hydrogen (secondary N) is 1. The van der Waals surface area contributed by atoms with Gasteiger partial charge in [0, 0.05) is 6.04 Å². The third-order valence-electron chi connectivity index (χ3n) is 2.43. The van der Waals surface area contributed by atoms with Crippen LogP contribution in [0.5, 0.6) is 0 Å². The highest BCUT2D eigenvalue weighted by molar-refractivity contribution is 5.15. The Labute approximate surface area is 98.3 Å². The minimum atomic E-state index is 0.506. The van der Waals surface area contributed by atoms with Gasteiger partial charge >= 0.3 is 0 Å². The summed E-state index contributed by atoms with van der Waals surface area (Å²) in [6.07, 6.45) is 3.59. The molecule has 1 aromatic carbocycles. The summed E-state index contributed by atoms with van der Waals surface area (Å²) in [6, 6.07) is 11.1. The fourth-order valence-corrected chi connectivity index (χ4v) is 1.63. The highest BCUT2D eigenvalue weighted by Crippen LogP contribution is 2.02. The monoisotopic (exact) mass is 219 g/mol. The van der Waals surface area contributed by atoms with Crippen LogP contribution in [0.25, 0.3) is 0 Å². The molecule has 0 amide bonds. The van der Waals surface area contributed by atoms with Gasteiger partial charge in [-0.25, -0.2) is 0 Å². The van der Waals surface area contributed by atoms with Gasteiger partial charge in [-0.15, -0.1) is 0 Å². The molecule has 88 valence electrons. The van der Waals surface area contributed by atoms with Crippen LogP contribution < -0.4 is 5.32 Å². The van der Waals surface area contributed by atoms with E-state index in [2.05, 4.69) is 43.1 Å². The normalized spacial score (nSPS) is 12.1. The van der Waals surface area contributed by atoms with Crippen molar-refractivity contribution < 1.29 is 4.74 Å². The Morgan fingerprint density at radius 1 is 1.38 bits per heavy atom. The van der Waals surface area contributed by atoms with Gasteiger partial charge in [0.05, 0.1) is 12.9 Å². The number of benzene rings is 1. The first-order chi connectivity index (χ1) is 7.83. The number of ether oxygens (including phenoxy) is 1. The van der Waals surface area contributed by atoms with Gasteiger partial charge in [0.1, 0.15) is 0 Å². The Bertz CT molecular complexity index is 284. The Kier molecular flexibility index (Phi) is 6.35. The molecule has 0 bridgehead atoms. The van der Waals surface area contributed by atoms with E-state index in [9.17, 15) is 0 Å². The average molecular weight is 219 g/mol. The Hall–Kier alpha value is -1.28. The van der Waals surface area contributed by atoms with Crippen molar-refractivity contribution >= 4 is 0 Å². The molecule has 0 radical (unpaired) electrons. The second kappa shape index (κ2) is 7.94. The number of rotatable bonds is 8. The summed E-state index contributed by atoms with van der Waals surface area (Å²) in [5.74, 6) is 0. The van der Waals surface area contributed by atoms with Crippen LogP contribution in [0, 0.1) is 0 Å². The second-order valence-electron chi connectivity index (χ2n) is 3.94. The van der Waals surface area contributed by atoms with Crippen molar-refractivity contribution in [3.05, 3.63) is 48.7 Å². The molecule has 0 saturated carbocycles. The first-order valence-corrected chi connectivity index (χ1v) is 5.82. The lowest BCUT2D eigenvalue weighted by molar-refractivity contribution is 0.243. The Morgan fingerprint density at radius 2 is 2.12 bits per heavy atom. The molecule has 1 rings (SSSR count). The van der Waals surface area contributed by atoms with E-state index < -0.39 is 0 Å². The lowest BCUT2D eigenvalue weighted by Gasteiger charge is -2.13. The highest BCUT2D eigenvalue weighted by atomic mass is 16.5. The van der Waals surface area contributed by atoms with Gasteiger partial charge in [0.25, 0.3) is 0 Å². The van der Waals surface area contributed by atoms with E-state index in [-0.39, 0.29) is 0 Å². The molecule has 2 heteroatoms. The van der Waals surface area contributed by atoms with Crippen LogP contribution in [0.15, 0.2) is 43.2 Å². The lowest BCUT2D eigenvalue weighted by atomic mass is 10.1. The Balaban J connectivity index is 2.11. The van der Waals surface area contributed by atoms with Crippen molar-refractivity contribution in [2.75, 3.05) is 13.2 Å². The molecule has 0 fully saturated rings. The molecule has 0 heterocycles. The SMILES string of the molecule is C=COCCCNC(C)Cc1ccccc1. The van der Waals surface area contributed by atoms with Crippen LogP contribution in [0.1, 0.15) is 18.9 Å². The molecule has 1 aromatic rings. The molecule has 0 aliphatic heterocycles. The maximum atomic E-state index is 5.06. The molecule has 0 aliphatic rings. The molecule has 0 spiro atoms. The minimum Gasteiger partial charge on any atom is -0.502 e. The predicted molar refractivity (Wildman–Crippen MR) is 68.4 cm³/mol. The highest BCUT2D eigenvalue weighted by Gasteiger charge is 2.01. The summed E-state index contributed by atoms with van der Waals surface area (Å²) in [4.78, 5) is 0. The van der Waals surface area contributed by atoms with Crippen LogP contribution in [0.4, 0.5) is 0 Å². The van der Waals surface area contributed by atoms with Crippen LogP contribution >= 0.6 is 0 Å². The Morgan fingerprint density at radius 3 is 2.81 bits per heavy atom. The topological polar surface area (TPSA) is 21.3 Å². The zero-order valence-corrected chi connectivity index (χ0v) is 9.99. The van der Waals surface area contributed by atoms with E-state index in [0.29, 0.717) is 6.04 Å². The van der Waals surface area contributed by atoms with Crippen LogP contribution in [0.3, 0.4) is 0 Å².